The number of thiophene rings is 1. The fourth-order valence-electron chi connectivity index (χ4n) is 1.64. The number of benzene rings is 1. The van der Waals surface area contributed by atoms with Crippen molar-refractivity contribution in [2.24, 2.45) is 0 Å². The number of sulfonamides is 1. The largest absolute Gasteiger partial charge is 0.252 e. The molecule has 3 nitrogen and oxygen atoms in total. The first-order valence-corrected chi connectivity index (χ1v) is 9.21. The maximum atomic E-state index is 12.3. The molecule has 0 radical (unpaired) electrons. The van der Waals surface area contributed by atoms with E-state index in [1.165, 1.54) is 20.5 Å². The van der Waals surface area contributed by atoms with E-state index in [9.17, 15) is 8.42 Å². The van der Waals surface area contributed by atoms with Gasteiger partial charge in [0.05, 0.1) is 0 Å². The Hall–Kier alpha value is -0.820. The average Bonchev–Trinajstić information content (AvgIpc) is 2.94. The third-order valence-corrected chi connectivity index (χ3v) is 6.64. The zero-order chi connectivity index (χ0) is 13.9. The highest BCUT2D eigenvalue weighted by Gasteiger charge is 2.21. The Balaban J connectivity index is 2.14. The normalized spacial score (nSPS) is 11.9. The van der Waals surface area contributed by atoms with Crippen molar-refractivity contribution in [1.82, 2.24) is 4.31 Å². The molecule has 0 unspecified atom stereocenters. The Morgan fingerprint density at radius 1 is 1.21 bits per heavy atom. The van der Waals surface area contributed by atoms with Crippen LogP contribution in [0.25, 0.3) is 0 Å². The zero-order valence-electron chi connectivity index (χ0n) is 10.7. The molecule has 0 saturated carbocycles. The Morgan fingerprint density at radius 2 is 1.89 bits per heavy atom. The fraction of sp³-hybridized carbons (Fsp3) is 0.231. The molecule has 19 heavy (non-hydrogen) atoms. The van der Waals surface area contributed by atoms with Crippen LogP contribution in [0.15, 0.2) is 50.9 Å². The van der Waals surface area contributed by atoms with Crippen molar-refractivity contribution >= 4 is 33.1 Å². The summed E-state index contributed by atoms with van der Waals surface area (Å²) >= 11 is 2.91. The number of hydrogen-bond acceptors (Lipinski definition) is 4. The molecule has 0 atom stereocenters. The van der Waals surface area contributed by atoms with Gasteiger partial charge in [-0.15, -0.1) is 23.1 Å². The van der Waals surface area contributed by atoms with Crippen LogP contribution < -0.4 is 0 Å². The predicted molar refractivity (Wildman–Crippen MR) is 81.2 cm³/mol. The molecule has 1 heterocycles. The van der Waals surface area contributed by atoms with Crippen molar-refractivity contribution < 1.29 is 8.42 Å². The van der Waals surface area contributed by atoms with Crippen LogP contribution in [0.5, 0.6) is 0 Å². The minimum atomic E-state index is -3.36. The summed E-state index contributed by atoms with van der Waals surface area (Å²) in [6.45, 7) is 0.384. The van der Waals surface area contributed by atoms with Crippen molar-refractivity contribution in [3.8, 4) is 0 Å². The highest BCUT2D eigenvalue weighted by Crippen LogP contribution is 2.22. The molecule has 0 fully saturated rings. The number of nitrogens with zero attached hydrogens (tertiary/aromatic N) is 1. The van der Waals surface area contributed by atoms with Crippen LogP contribution in [0.4, 0.5) is 0 Å². The second kappa shape index (κ2) is 6.09. The molecule has 0 bridgehead atoms. The van der Waals surface area contributed by atoms with Crippen LogP contribution >= 0.6 is 23.1 Å². The van der Waals surface area contributed by atoms with Crippen LogP contribution in [0.2, 0.25) is 0 Å². The van der Waals surface area contributed by atoms with Crippen LogP contribution in [0.1, 0.15) is 5.56 Å². The number of hydrogen-bond donors (Lipinski definition) is 0. The van der Waals surface area contributed by atoms with E-state index in [0.29, 0.717) is 10.8 Å². The monoisotopic (exact) mass is 313 g/mol. The van der Waals surface area contributed by atoms with Gasteiger partial charge in [0.25, 0.3) is 10.0 Å². The van der Waals surface area contributed by atoms with Gasteiger partial charge < -0.3 is 0 Å². The summed E-state index contributed by atoms with van der Waals surface area (Å²) in [7, 11) is -1.75. The number of thioether (sulfide) groups is 1. The summed E-state index contributed by atoms with van der Waals surface area (Å²) in [6, 6.07) is 11.3. The lowest BCUT2D eigenvalue weighted by Gasteiger charge is -2.16. The third-order valence-electron chi connectivity index (χ3n) is 2.72. The molecule has 6 heteroatoms. The molecule has 0 spiro atoms. The quantitative estimate of drug-likeness (QED) is 0.795. The molecular weight excluding hydrogens is 298 g/mol. The summed E-state index contributed by atoms with van der Waals surface area (Å²) in [4.78, 5) is 1.17. The summed E-state index contributed by atoms with van der Waals surface area (Å²) in [5.74, 6) is 0. The molecular formula is C13H15NO2S3. The minimum absolute atomic E-state index is 0.384. The molecule has 0 amide bonds. The van der Waals surface area contributed by atoms with Crippen LogP contribution in [0.3, 0.4) is 0 Å². The Bertz CT molecular complexity index is 618. The number of rotatable bonds is 5. The van der Waals surface area contributed by atoms with E-state index in [4.69, 9.17) is 0 Å². The molecule has 0 saturated heterocycles. The van der Waals surface area contributed by atoms with Gasteiger partial charge in [-0.1, -0.05) is 18.2 Å². The highest BCUT2D eigenvalue weighted by molar-refractivity contribution is 7.98. The molecule has 2 aromatic rings. The van der Waals surface area contributed by atoms with E-state index in [2.05, 4.69) is 0 Å². The van der Waals surface area contributed by atoms with Gasteiger partial charge in [0.1, 0.15) is 4.21 Å². The molecule has 102 valence electrons. The van der Waals surface area contributed by atoms with E-state index in [1.54, 1.807) is 36.3 Å². The maximum Gasteiger partial charge on any atom is 0.252 e. The van der Waals surface area contributed by atoms with Gasteiger partial charge in [0.2, 0.25) is 0 Å². The summed E-state index contributed by atoms with van der Waals surface area (Å²) in [5, 5.41) is 1.77. The predicted octanol–water partition coefficient (Wildman–Crippen LogP) is 3.29. The molecule has 0 N–H and O–H groups in total. The lowest BCUT2D eigenvalue weighted by Crippen LogP contribution is -2.25. The molecule has 0 aliphatic rings. The van der Waals surface area contributed by atoms with Crippen molar-refractivity contribution in [2.75, 3.05) is 13.3 Å². The Kier molecular flexibility index (Phi) is 4.67. The smallest absolute Gasteiger partial charge is 0.206 e. The van der Waals surface area contributed by atoms with Crippen molar-refractivity contribution in [1.29, 1.82) is 0 Å². The summed E-state index contributed by atoms with van der Waals surface area (Å²) < 4.78 is 26.3. The molecule has 0 aliphatic heterocycles. The highest BCUT2D eigenvalue weighted by atomic mass is 32.2. The van der Waals surface area contributed by atoms with Gasteiger partial charge in [-0.3, -0.25) is 0 Å². The van der Waals surface area contributed by atoms with Crippen LogP contribution in [-0.2, 0) is 16.6 Å². The van der Waals surface area contributed by atoms with Gasteiger partial charge >= 0.3 is 0 Å². The lowest BCUT2D eigenvalue weighted by molar-refractivity contribution is 0.468. The third kappa shape index (κ3) is 3.39. The Morgan fingerprint density at radius 3 is 2.42 bits per heavy atom. The summed E-state index contributed by atoms with van der Waals surface area (Å²) in [6.07, 6.45) is 2.02. The van der Waals surface area contributed by atoms with Crippen molar-refractivity contribution in [3.63, 3.8) is 0 Å². The Labute approximate surface area is 122 Å². The molecule has 1 aromatic heterocycles. The van der Waals surface area contributed by atoms with E-state index >= 15 is 0 Å². The van der Waals surface area contributed by atoms with Gasteiger partial charge in [-0.25, -0.2) is 8.42 Å². The second-order valence-corrected chi connectivity index (χ2v) is 8.14. The minimum Gasteiger partial charge on any atom is -0.206 e. The zero-order valence-corrected chi connectivity index (χ0v) is 13.2. The average molecular weight is 313 g/mol. The topological polar surface area (TPSA) is 37.4 Å². The van der Waals surface area contributed by atoms with E-state index in [1.807, 2.05) is 30.5 Å². The standard InChI is InChI=1S/C13H15NO2S3/c1-14(19(15,16)13-4-3-9-18-13)10-11-5-7-12(17-2)8-6-11/h3-9H,10H2,1-2H3. The molecule has 1 aromatic carbocycles. The first-order valence-electron chi connectivity index (χ1n) is 5.67. The van der Waals surface area contributed by atoms with E-state index in [-0.39, 0.29) is 0 Å². The van der Waals surface area contributed by atoms with Crippen LogP contribution in [-0.4, -0.2) is 26.0 Å². The lowest BCUT2D eigenvalue weighted by atomic mass is 10.2. The van der Waals surface area contributed by atoms with E-state index in [0.717, 1.165) is 5.56 Å². The fourth-order valence-corrected chi connectivity index (χ4v) is 4.41. The van der Waals surface area contributed by atoms with E-state index < -0.39 is 10.0 Å². The van der Waals surface area contributed by atoms with Gasteiger partial charge in [-0.05, 0) is 35.4 Å². The first-order chi connectivity index (χ1) is 9.04. The summed E-state index contributed by atoms with van der Waals surface area (Å²) in [5.41, 5.74) is 0.987. The van der Waals surface area contributed by atoms with Crippen LogP contribution in [0, 0.1) is 0 Å². The first kappa shape index (κ1) is 14.6. The second-order valence-electron chi connectivity index (χ2n) is 4.04. The van der Waals surface area contributed by atoms with Crippen molar-refractivity contribution in [2.45, 2.75) is 15.6 Å². The van der Waals surface area contributed by atoms with Gasteiger partial charge in [0, 0.05) is 18.5 Å². The molecule has 2 rings (SSSR count). The van der Waals surface area contributed by atoms with Crippen molar-refractivity contribution in [3.05, 3.63) is 47.3 Å². The molecule has 0 aliphatic carbocycles. The SMILES string of the molecule is CSc1ccc(CN(C)S(=O)(=O)c2cccs2)cc1. The maximum absolute atomic E-state index is 12.3. The van der Waals surface area contributed by atoms with Gasteiger partial charge in [-0.2, -0.15) is 4.31 Å². The van der Waals surface area contributed by atoms with Gasteiger partial charge in [0.15, 0.2) is 0 Å².